The van der Waals surface area contributed by atoms with Gasteiger partial charge in [-0.25, -0.2) is 0 Å². The highest BCUT2D eigenvalue weighted by molar-refractivity contribution is 9.09. The predicted molar refractivity (Wildman–Crippen MR) is 56.5 cm³/mol. The summed E-state index contributed by atoms with van der Waals surface area (Å²) in [5.41, 5.74) is 0. The second kappa shape index (κ2) is 6.00. The van der Waals surface area contributed by atoms with Gasteiger partial charge in [0.25, 0.3) is 0 Å². The van der Waals surface area contributed by atoms with Crippen LogP contribution in [0.3, 0.4) is 0 Å². The third-order valence-electron chi connectivity index (χ3n) is 1.52. The van der Waals surface area contributed by atoms with Crippen LogP contribution in [0.2, 0.25) is 0 Å². The van der Waals surface area contributed by atoms with Crippen molar-refractivity contribution in [3.05, 3.63) is 30.3 Å². The molecular formula is C10H13BrO2. The van der Waals surface area contributed by atoms with Crippen LogP contribution in [0.1, 0.15) is 0 Å². The van der Waals surface area contributed by atoms with Gasteiger partial charge in [-0.05, 0) is 12.1 Å². The molecule has 3 heteroatoms. The third kappa shape index (κ3) is 4.29. The van der Waals surface area contributed by atoms with E-state index in [0.29, 0.717) is 13.2 Å². The second-order valence-corrected chi connectivity index (χ2v) is 3.97. The maximum Gasteiger partial charge on any atom is 0.119 e. The molecule has 0 N–H and O–H groups in total. The average Bonchev–Trinajstić information content (AvgIpc) is 2.17. The Bertz CT molecular complexity index is 226. The van der Waals surface area contributed by atoms with Crippen molar-refractivity contribution >= 4 is 15.9 Å². The molecule has 1 rings (SSSR count). The highest BCUT2D eigenvalue weighted by Gasteiger charge is 2.03. The average molecular weight is 245 g/mol. The van der Waals surface area contributed by atoms with E-state index in [1.165, 1.54) is 0 Å². The molecular weight excluding hydrogens is 232 g/mol. The Balaban J connectivity index is 2.27. The summed E-state index contributed by atoms with van der Waals surface area (Å²) in [7, 11) is 1.68. The fraction of sp³-hybridized carbons (Fsp3) is 0.400. The molecule has 13 heavy (non-hydrogen) atoms. The summed E-state index contributed by atoms with van der Waals surface area (Å²) in [6.45, 7) is 1.28. The predicted octanol–water partition coefficient (Wildman–Crippen LogP) is 2.48. The van der Waals surface area contributed by atoms with Gasteiger partial charge in [-0.3, -0.25) is 0 Å². The number of rotatable bonds is 5. The number of benzene rings is 1. The lowest BCUT2D eigenvalue weighted by Gasteiger charge is -2.10. The first-order valence-electron chi connectivity index (χ1n) is 4.14. The van der Waals surface area contributed by atoms with E-state index in [2.05, 4.69) is 15.9 Å². The van der Waals surface area contributed by atoms with Gasteiger partial charge in [0.2, 0.25) is 0 Å². The Kier molecular flexibility index (Phi) is 4.86. The lowest BCUT2D eigenvalue weighted by atomic mass is 10.3. The van der Waals surface area contributed by atoms with Crippen LogP contribution in [0.5, 0.6) is 5.75 Å². The summed E-state index contributed by atoms with van der Waals surface area (Å²) in [5, 5.41) is 0. The summed E-state index contributed by atoms with van der Waals surface area (Å²) in [4.78, 5) is 0.248. The summed E-state index contributed by atoms with van der Waals surface area (Å²) in [6.07, 6.45) is 0. The van der Waals surface area contributed by atoms with E-state index in [4.69, 9.17) is 9.47 Å². The van der Waals surface area contributed by atoms with Gasteiger partial charge >= 0.3 is 0 Å². The number of methoxy groups -OCH3 is 1. The standard InChI is InChI=1S/C10H13BrO2/c1-12-7-9(11)8-13-10-5-3-2-4-6-10/h2-6,9H,7-8H2,1H3. The minimum Gasteiger partial charge on any atom is -0.492 e. The van der Waals surface area contributed by atoms with Crippen LogP contribution >= 0.6 is 15.9 Å². The number of ether oxygens (including phenoxy) is 2. The fourth-order valence-corrected chi connectivity index (χ4v) is 1.33. The number of hydrogen-bond donors (Lipinski definition) is 0. The van der Waals surface area contributed by atoms with Gasteiger partial charge in [0.1, 0.15) is 12.4 Å². The molecule has 1 aromatic rings. The first-order valence-corrected chi connectivity index (χ1v) is 5.05. The van der Waals surface area contributed by atoms with Crippen molar-refractivity contribution in [2.45, 2.75) is 4.83 Å². The molecule has 72 valence electrons. The summed E-state index contributed by atoms with van der Waals surface area (Å²) in [5.74, 6) is 0.892. The Hall–Kier alpha value is -0.540. The smallest absolute Gasteiger partial charge is 0.119 e. The van der Waals surface area contributed by atoms with Crippen molar-refractivity contribution in [3.8, 4) is 5.75 Å². The van der Waals surface area contributed by atoms with Crippen molar-refractivity contribution < 1.29 is 9.47 Å². The second-order valence-electron chi connectivity index (χ2n) is 2.68. The molecule has 0 saturated heterocycles. The van der Waals surface area contributed by atoms with E-state index >= 15 is 0 Å². The maximum absolute atomic E-state index is 5.49. The van der Waals surface area contributed by atoms with Crippen molar-refractivity contribution in [3.63, 3.8) is 0 Å². The zero-order valence-corrected chi connectivity index (χ0v) is 9.16. The zero-order valence-electron chi connectivity index (χ0n) is 7.57. The van der Waals surface area contributed by atoms with Crippen LogP contribution in [0.4, 0.5) is 0 Å². The van der Waals surface area contributed by atoms with E-state index < -0.39 is 0 Å². The summed E-state index contributed by atoms with van der Waals surface area (Å²) < 4.78 is 10.5. The molecule has 1 atom stereocenters. The third-order valence-corrected chi connectivity index (χ3v) is 2.05. The van der Waals surface area contributed by atoms with Crippen molar-refractivity contribution in [1.29, 1.82) is 0 Å². The quantitative estimate of drug-likeness (QED) is 0.742. The Morgan fingerprint density at radius 2 is 1.92 bits per heavy atom. The van der Waals surface area contributed by atoms with Crippen LogP contribution in [0, 0.1) is 0 Å². The van der Waals surface area contributed by atoms with Crippen LogP contribution in [-0.4, -0.2) is 25.2 Å². The SMILES string of the molecule is COCC(Br)COc1ccccc1. The minimum absolute atomic E-state index is 0.248. The number of hydrogen-bond acceptors (Lipinski definition) is 2. The van der Waals surface area contributed by atoms with Crippen LogP contribution in [-0.2, 0) is 4.74 Å². The number of alkyl halides is 1. The Morgan fingerprint density at radius 3 is 2.54 bits per heavy atom. The lowest BCUT2D eigenvalue weighted by Crippen LogP contribution is -2.16. The highest BCUT2D eigenvalue weighted by Crippen LogP contribution is 2.10. The molecule has 0 saturated carbocycles. The van der Waals surface area contributed by atoms with E-state index in [0.717, 1.165) is 5.75 Å². The lowest BCUT2D eigenvalue weighted by molar-refractivity contribution is 0.179. The van der Waals surface area contributed by atoms with Crippen molar-refractivity contribution in [2.75, 3.05) is 20.3 Å². The van der Waals surface area contributed by atoms with Gasteiger partial charge < -0.3 is 9.47 Å². The molecule has 2 nitrogen and oxygen atoms in total. The molecule has 0 aliphatic heterocycles. The van der Waals surface area contributed by atoms with E-state index in [9.17, 15) is 0 Å². The van der Waals surface area contributed by atoms with Crippen molar-refractivity contribution in [1.82, 2.24) is 0 Å². The zero-order chi connectivity index (χ0) is 9.52. The molecule has 0 radical (unpaired) electrons. The van der Waals surface area contributed by atoms with E-state index in [1.54, 1.807) is 7.11 Å². The molecule has 1 aromatic carbocycles. The monoisotopic (exact) mass is 244 g/mol. The maximum atomic E-state index is 5.49. The molecule has 0 spiro atoms. The van der Waals surface area contributed by atoms with Crippen LogP contribution < -0.4 is 4.74 Å². The first-order chi connectivity index (χ1) is 6.33. The van der Waals surface area contributed by atoms with E-state index in [1.807, 2.05) is 30.3 Å². The minimum atomic E-state index is 0.248. The van der Waals surface area contributed by atoms with Gasteiger partial charge in [0, 0.05) is 7.11 Å². The molecule has 0 aromatic heterocycles. The van der Waals surface area contributed by atoms with Crippen molar-refractivity contribution in [2.24, 2.45) is 0 Å². The molecule has 0 bridgehead atoms. The molecule has 0 fully saturated rings. The first kappa shape index (κ1) is 10.5. The van der Waals surface area contributed by atoms with E-state index in [-0.39, 0.29) is 4.83 Å². The Morgan fingerprint density at radius 1 is 1.23 bits per heavy atom. The number of para-hydroxylation sites is 1. The topological polar surface area (TPSA) is 18.5 Å². The van der Waals surface area contributed by atoms with Gasteiger partial charge in [-0.2, -0.15) is 0 Å². The van der Waals surface area contributed by atoms with Gasteiger partial charge in [-0.1, -0.05) is 34.1 Å². The molecule has 0 aliphatic carbocycles. The fourth-order valence-electron chi connectivity index (χ4n) is 0.932. The normalized spacial score (nSPS) is 12.5. The van der Waals surface area contributed by atoms with Gasteiger partial charge in [0.15, 0.2) is 0 Å². The molecule has 0 aliphatic rings. The van der Waals surface area contributed by atoms with Gasteiger partial charge in [-0.15, -0.1) is 0 Å². The highest BCUT2D eigenvalue weighted by atomic mass is 79.9. The largest absolute Gasteiger partial charge is 0.492 e. The summed E-state index contributed by atoms with van der Waals surface area (Å²) in [6, 6.07) is 9.75. The van der Waals surface area contributed by atoms with Crippen LogP contribution in [0.25, 0.3) is 0 Å². The Labute approximate surface area is 87.0 Å². The summed E-state index contributed by atoms with van der Waals surface area (Å²) >= 11 is 3.45. The number of halogens is 1. The van der Waals surface area contributed by atoms with Gasteiger partial charge in [0.05, 0.1) is 11.4 Å². The molecule has 0 heterocycles. The molecule has 0 amide bonds. The van der Waals surface area contributed by atoms with Crippen LogP contribution in [0.15, 0.2) is 30.3 Å². The molecule has 1 unspecified atom stereocenters.